The Morgan fingerprint density at radius 3 is 3.00 bits per heavy atom. The van der Waals surface area contributed by atoms with E-state index in [0.717, 1.165) is 12.8 Å². The molecule has 0 amide bonds. The molecule has 3 unspecified atom stereocenters. The second-order valence-electron chi connectivity index (χ2n) is 4.41. The molecule has 0 spiro atoms. The minimum Gasteiger partial charge on any atom is -0.396 e. The molecule has 1 heterocycles. The third kappa shape index (κ3) is 1.17. The summed E-state index contributed by atoms with van der Waals surface area (Å²) >= 11 is 0. The molecule has 70 valence electrons. The smallest absolute Gasteiger partial charge is 0.0657 e. The van der Waals surface area contributed by atoms with Gasteiger partial charge in [-0.1, -0.05) is 12.8 Å². The van der Waals surface area contributed by atoms with Crippen LogP contribution >= 0.6 is 0 Å². The molecule has 0 aromatic rings. The Kier molecular flexibility index (Phi) is 2.13. The summed E-state index contributed by atoms with van der Waals surface area (Å²) in [7, 11) is 0. The fourth-order valence-electron chi connectivity index (χ4n) is 2.87. The van der Waals surface area contributed by atoms with Crippen LogP contribution < -0.4 is 0 Å². The first-order chi connectivity index (χ1) is 5.77. The van der Waals surface area contributed by atoms with Crippen molar-refractivity contribution in [2.45, 2.75) is 51.2 Å². The van der Waals surface area contributed by atoms with Crippen molar-refractivity contribution in [2.75, 3.05) is 6.61 Å². The van der Waals surface area contributed by atoms with Crippen molar-refractivity contribution in [1.82, 2.24) is 0 Å². The summed E-state index contributed by atoms with van der Waals surface area (Å²) in [5.41, 5.74) is 0.137. The highest BCUT2D eigenvalue weighted by Gasteiger charge is 2.47. The molecule has 2 heteroatoms. The molecule has 0 bridgehead atoms. The maximum absolute atomic E-state index is 9.39. The van der Waals surface area contributed by atoms with Crippen molar-refractivity contribution in [3.63, 3.8) is 0 Å². The molecule has 0 aromatic heterocycles. The Labute approximate surface area is 73.9 Å². The van der Waals surface area contributed by atoms with Crippen LogP contribution in [0.1, 0.15) is 39.0 Å². The predicted octanol–water partition coefficient (Wildman–Crippen LogP) is 1.72. The minimum atomic E-state index is 0.137. The highest BCUT2D eigenvalue weighted by molar-refractivity contribution is 4.96. The van der Waals surface area contributed by atoms with Gasteiger partial charge in [0.2, 0.25) is 0 Å². The lowest BCUT2D eigenvalue weighted by Gasteiger charge is -2.36. The maximum Gasteiger partial charge on any atom is 0.0657 e. The van der Waals surface area contributed by atoms with E-state index in [1.807, 2.05) is 0 Å². The van der Waals surface area contributed by atoms with Gasteiger partial charge in [0.1, 0.15) is 0 Å². The monoisotopic (exact) mass is 170 g/mol. The zero-order chi connectivity index (χ0) is 8.60. The third-order valence-electron chi connectivity index (χ3n) is 3.48. The first-order valence-electron chi connectivity index (χ1n) is 5.03. The van der Waals surface area contributed by atoms with E-state index in [2.05, 4.69) is 6.92 Å². The van der Waals surface area contributed by atoms with Gasteiger partial charge in [-0.05, 0) is 26.2 Å². The summed E-state index contributed by atoms with van der Waals surface area (Å²) in [5, 5.41) is 9.39. The van der Waals surface area contributed by atoms with E-state index in [4.69, 9.17) is 4.74 Å². The van der Waals surface area contributed by atoms with Crippen molar-refractivity contribution >= 4 is 0 Å². The molecule has 12 heavy (non-hydrogen) atoms. The van der Waals surface area contributed by atoms with Gasteiger partial charge >= 0.3 is 0 Å². The van der Waals surface area contributed by atoms with E-state index in [9.17, 15) is 5.11 Å². The Morgan fingerprint density at radius 2 is 2.33 bits per heavy atom. The molecule has 0 aromatic carbocycles. The number of hydrogen-bond acceptors (Lipinski definition) is 2. The lowest BCUT2D eigenvalue weighted by atomic mass is 9.71. The van der Waals surface area contributed by atoms with Crippen LogP contribution in [0.15, 0.2) is 0 Å². The van der Waals surface area contributed by atoms with Gasteiger partial charge in [0.05, 0.1) is 18.8 Å². The van der Waals surface area contributed by atoms with E-state index in [1.54, 1.807) is 0 Å². The van der Waals surface area contributed by atoms with Crippen molar-refractivity contribution in [3.8, 4) is 0 Å². The molecule has 2 rings (SSSR count). The average molecular weight is 170 g/mol. The first-order valence-corrected chi connectivity index (χ1v) is 5.03. The Hall–Kier alpha value is -0.0800. The molecule has 1 saturated heterocycles. The van der Waals surface area contributed by atoms with Gasteiger partial charge in [0.15, 0.2) is 0 Å². The van der Waals surface area contributed by atoms with Crippen molar-refractivity contribution < 1.29 is 9.84 Å². The Bertz CT molecular complexity index is 169. The lowest BCUT2D eigenvalue weighted by molar-refractivity contribution is -0.0286. The highest BCUT2D eigenvalue weighted by Crippen LogP contribution is 2.47. The Balaban J connectivity index is 2.14. The number of ether oxygens (including phenoxy) is 1. The molecule has 0 radical (unpaired) electrons. The van der Waals surface area contributed by atoms with Crippen LogP contribution in [0.2, 0.25) is 0 Å². The van der Waals surface area contributed by atoms with E-state index in [1.165, 1.54) is 19.3 Å². The molecule has 2 nitrogen and oxygen atoms in total. The van der Waals surface area contributed by atoms with Gasteiger partial charge in [0.25, 0.3) is 0 Å². The quantitative estimate of drug-likeness (QED) is 0.649. The molecule has 2 aliphatic rings. The number of aliphatic hydroxyl groups excluding tert-OH is 1. The van der Waals surface area contributed by atoms with Crippen molar-refractivity contribution in [2.24, 2.45) is 5.41 Å². The topological polar surface area (TPSA) is 29.5 Å². The standard InChI is InChI=1S/C10H18O2/c1-8-6-10(7-11)5-3-2-4-9(10)12-8/h8-9,11H,2-7H2,1H3. The highest BCUT2D eigenvalue weighted by atomic mass is 16.5. The van der Waals surface area contributed by atoms with E-state index < -0.39 is 0 Å². The second-order valence-corrected chi connectivity index (χ2v) is 4.41. The summed E-state index contributed by atoms with van der Waals surface area (Å²) in [4.78, 5) is 0. The molecule has 1 aliphatic carbocycles. The van der Waals surface area contributed by atoms with Gasteiger partial charge in [-0.2, -0.15) is 0 Å². The summed E-state index contributed by atoms with van der Waals surface area (Å²) in [5.74, 6) is 0. The molecule has 1 N–H and O–H groups in total. The number of rotatable bonds is 1. The number of fused-ring (bicyclic) bond motifs is 1. The van der Waals surface area contributed by atoms with Gasteiger partial charge < -0.3 is 9.84 Å². The van der Waals surface area contributed by atoms with Crippen molar-refractivity contribution in [3.05, 3.63) is 0 Å². The Morgan fingerprint density at radius 1 is 1.50 bits per heavy atom. The van der Waals surface area contributed by atoms with Crippen LogP contribution in [0.4, 0.5) is 0 Å². The van der Waals surface area contributed by atoms with Gasteiger partial charge in [-0.15, -0.1) is 0 Å². The molecule has 1 aliphatic heterocycles. The second kappa shape index (κ2) is 3.00. The molecule has 3 atom stereocenters. The fraction of sp³-hybridized carbons (Fsp3) is 1.00. The van der Waals surface area contributed by atoms with E-state index in [0.29, 0.717) is 18.8 Å². The van der Waals surface area contributed by atoms with Crippen LogP contribution in [0.25, 0.3) is 0 Å². The van der Waals surface area contributed by atoms with Crippen LogP contribution in [-0.4, -0.2) is 23.9 Å². The van der Waals surface area contributed by atoms with Crippen LogP contribution in [0.5, 0.6) is 0 Å². The van der Waals surface area contributed by atoms with Crippen LogP contribution in [0.3, 0.4) is 0 Å². The minimum absolute atomic E-state index is 0.137. The van der Waals surface area contributed by atoms with Gasteiger partial charge in [-0.25, -0.2) is 0 Å². The summed E-state index contributed by atoms with van der Waals surface area (Å²) in [6, 6.07) is 0. The molecule has 2 fully saturated rings. The summed E-state index contributed by atoms with van der Waals surface area (Å²) < 4.78 is 5.80. The maximum atomic E-state index is 9.39. The zero-order valence-electron chi connectivity index (χ0n) is 7.75. The number of hydrogen-bond donors (Lipinski definition) is 1. The van der Waals surface area contributed by atoms with E-state index in [-0.39, 0.29) is 5.41 Å². The molecular weight excluding hydrogens is 152 g/mol. The van der Waals surface area contributed by atoms with Crippen LogP contribution in [-0.2, 0) is 4.74 Å². The van der Waals surface area contributed by atoms with Crippen LogP contribution in [0, 0.1) is 5.41 Å². The predicted molar refractivity (Wildman–Crippen MR) is 46.9 cm³/mol. The molecular formula is C10H18O2. The fourth-order valence-corrected chi connectivity index (χ4v) is 2.87. The molecule has 1 saturated carbocycles. The largest absolute Gasteiger partial charge is 0.396 e. The zero-order valence-corrected chi connectivity index (χ0v) is 7.75. The summed E-state index contributed by atoms with van der Waals surface area (Å²) in [6.45, 7) is 2.44. The van der Waals surface area contributed by atoms with Gasteiger partial charge in [-0.3, -0.25) is 0 Å². The summed E-state index contributed by atoms with van der Waals surface area (Å²) in [6.07, 6.45) is 6.65. The SMILES string of the molecule is CC1CC2(CO)CCCCC2O1. The van der Waals surface area contributed by atoms with E-state index >= 15 is 0 Å². The average Bonchev–Trinajstić information content (AvgIpc) is 2.41. The normalized spacial score (nSPS) is 47.5. The van der Waals surface area contributed by atoms with Crippen molar-refractivity contribution in [1.29, 1.82) is 0 Å². The first kappa shape index (κ1) is 8.52. The van der Waals surface area contributed by atoms with Gasteiger partial charge in [0, 0.05) is 5.41 Å². The number of aliphatic hydroxyl groups is 1. The lowest BCUT2D eigenvalue weighted by Crippen LogP contribution is -2.37. The third-order valence-corrected chi connectivity index (χ3v) is 3.48.